The molecule has 2 N–H and O–H groups in total. The van der Waals surface area contributed by atoms with Crippen molar-refractivity contribution in [2.45, 2.75) is 6.04 Å². The van der Waals surface area contributed by atoms with Crippen molar-refractivity contribution in [3.8, 4) is 0 Å². The fourth-order valence-corrected chi connectivity index (χ4v) is 1.81. The molecule has 2 rings (SSSR count). The van der Waals surface area contributed by atoms with Crippen molar-refractivity contribution < 1.29 is 4.79 Å². The Morgan fingerprint density at radius 2 is 2.53 bits per heavy atom. The molecule has 1 fully saturated rings. The topological polar surface area (TPSA) is 57.3 Å². The first-order valence-corrected chi connectivity index (χ1v) is 5.35. The van der Waals surface area contributed by atoms with Gasteiger partial charge in [-0.25, -0.2) is 9.99 Å². The summed E-state index contributed by atoms with van der Waals surface area (Å²) in [6.45, 7) is 0.627. The van der Waals surface area contributed by atoms with Crippen LogP contribution in [0.1, 0.15) is 0 Å². The summed E-state index contributed by atoms with van der Waals surface area (Å²) in [5.41, 5.74) is 2.70. The number of hydrazine groups is 1. The molecule has 0 aliphatic carbocycles. The van der Waals surface area contributed by atoms with E-state index >= 15 is 0 Å². The fraction of sp³-hybridized carbons (Fsp3) is 0.333. The largest absolute Gasteiger partial charge is 0.356 e. The van der Waals surface area contributed by atoms with Crippen LogP contribution in [0, 0.1) is 0 Å². The molecule has 1 aromatic heterocycles. The summed E-state index contributed by atoms with van der Waals surface area (Å²) in [4.78, 5) is 15.6. The Balaban J connectivity index is 2.09. The standard InChI is InChI=1S/C9H11BrN4O/c1-14-5-7(9(15)13-14)12-8-6(10)3-2-4-11-8/h2-4,7H,5H2,1H3,(H,11,12)(H,13,15). The maximum Gasteiger partial charge on any atom is 0.258 e. The summed E-state index contributed by atoms with van der Waals surface area (Å²) in [6, 6.07) is 3.46. The fourth-order valence-electron chi connectivity index (χ4n) is 1.44. The van der Waals surface area contributed by atoms with Gasteiger partial charge < -0.3 is 5.32 Å². The average Bonchev–Trinajstić information content (AvgIpc) is 2.49. The second-order valence-corrected chi connectivity index (χ2v) is 4.24. The SMILES string of the molecule is CN1CC(Nc2ncccc2Br)C(=O)N1. The van der Waals surface area contributed by atoms with E-state index in [1.165, 1.54) is 0 Å². The summed E-state index contributed by atoms with van der Waals surface area (Å²) in [5.74, 6) is 0.656. The van der Waals surface area contributed by atoms with Crippen LogP contribution in [0.4, 0.5) is 5.82 Å². The second kappa shape index (κ2) is 4.16. The molecule has 15 heavy (non-hydrogen) atoms. The Morgan fingerprint density at radius 3 is 3.13 bits per heavy atom. The average molecular weight is 271 g/mol. The summed E-state index contributed by atoms with van der Waals surface area (Å²) in [6.07, 6.45) is 1.68. The lowest BCUT2D eigenvalue weighted by Crippen LogP contribution is -2.32. The van der Waals surface area contributed by atoms with E-state index < -0.39 is 0 Å². The molecule has 0 saturated carbocycles. The van der Waals surface area contributed by atoms with E-state index in [0.717, 1.165) is 4.47 Å². The van der Waals surface area contributed by atoms with Gasteiger partial charge in [-0.2, -0.15) is 0 Å². The van der Waals surface area contributed by atoms with Crippen molar-refractivity contribution in [1.82, 2.24) is 15.4 Å². The first-order valence-electron chi connectivity index (χ1n) is 4.55. The predicted octanol–water partition coefficient (Wildman–Crippen LogP) is 0.601. The van der Waals surface area contributed by atoms with Crippen molar-refractivity contribution in [1.29, 1.82) is 0 Å². The number of amides is 1. The summed E-state index contributed by atoms with van der Waals surface area (Å²) in [7, 11) is 1.83. The van der Waals surface area contributed by atoms with Crippen LogP contribution in [0.2, 0.25) is 0 Å². The maximum atomic E-state index is 11.4. The summed E-state index contributed by atoms with van der Waals surface area (Å²) < 4.78 is 0.854. The smallest absolute Gasteiger partial charge is 0.258 e. The lowest BCUT2D eigenvalue weighted by molar-refractivity contribution is -0.121. The molecule has 1 unspecified atom stereocenters. The van der Waals surface area contributed by atoms with Crippen molar-refractivity contribution in [3.05, 3.63) is 22.8 Å². The third-order valence-corrected chi connectivity index (χ3v) is 2.78. The van der Waals surface area contributed by atoms with Crippen LogP contribution in [-0.2, 0) is 4.79 Å². The van der Waals surface area contributed by atoms with E-state index in [4.69, 9.17) is 0 Å². The highest BCUT2D eigenvalue weighted by Gasteiger charge is 2.28. The molecule has 0 bridgehead atoms. The van der Waals surface area contributed by atoms with Gasteiger partial charge in [0, 0.05) is 19.8 Å². The summed E-state index contributed by atoms with van der Waals surface area (Å²) in [5, 5.41) is 4.82. The van der Waals surface area contributed by atoms with Gasteiger partial charge in [0.2, 0.25) is 0 Å². The van der Waals surface area contributed by atoms with Gasteiger partial charge in [-0.1, -0.05) is 0 Å². The number of likely N-dealkylation sites (N-methyl/N-ethyl adjacent to an activating group) is 1. The number of rotatable bonds is 2. The van der Waals surface area contributed by atoms with E-state index in [1.54, 1.807) is 11.2 Å². The van der Waals surface area contributed by atoms with Gasteiger partial charge in [0.1, 0.15) is 11.9 Å². The molecule has 0 radical (unpaired) electrons. The number of pyridine rings is 1. The van der Waals surface area contributed by atoms with E-state index in [0.29, 0.717) is 12.4 Å². The Kier molecular flexibility index (Phi) is 2.88. The van der Waals surface area contributed by atoms with Gasteiger partial charge >= 0.3 is 0 Å². The highest BCUT2D eigenvalue weighted by atomic mass is 79.9. The number of halogens is 1. The van der Waals surface area contributed by atoms with Gasteiger partial charge in [-0.15, -0.1) is 0 Å². The van der Waals surface area contributed by atoms with Crippen LogP contribution in [-0.4, -0.2) is 35.5 Å². The number of hydrogen-bond donors (Lipinski definition) is 2. The van der Waals surface area contributed by atoms with Crippen LogP contribution in [0.15, 0.2) is 22.8 Å². The normalized spacial score (nSPS) is 21.5. The summed E-state index contributed by atoms with van der Waals surface area (Å²) >= 11 is 3.37. The third kappa shape index (κ3) is 2.27. The molecule has 5 nitrogen and oxygen atoms in total. The Morgan fingerprint density at radius 1 is 1.73 bits per heavy atom. The number of anilines is 1. The minimum atomic E-state index is -0.249. The molecule has 1 aliphatic rings. The Bertz CT molecular complexity index is 384. The number of nitrogens with one attached hydrogen (secondary N) is 2. The van der Waals surface area contributed by atoms with Gasteiger partial charge in [0.15, 0.2) is 0 Å². The first kappa shape index (κ1) is 10.4. The van der Waals surface area contributed by atoms with Crippen molar-refractivity contribution in [3.63, 3.8) is 0 Å². The van der Waals surface area contributed by atoms with Crippen molar-refractivity contribution in [2.75, 3.05) is 18.9 Å². The number of hydrogen-bond acceptors (Lipinski definition) is 4. The molecule has 2 heterocycles. The van der Waals surface area contributed by atoms with E-state index in [9.17, 15) is 4.79 Å². The van der Waals surface area contributed by atoms with Crippen LogP contribution >= 0.6 is 15.9 Å². The lowest BCUT2D eigenvalue weighted by Gasteiger charge is -2.11. The minimum Gasteiger partial charge on any atom is -0.356 e. The molecule has 1 aromatic rings. The van der Waals surface area contributed by atoms with E-state index in [-0.39, 0.29) is 11.9 Å². The first-order chi connectivity index (χ1) is 7.16. The maximum absolute atomic E-state index is 11.4. The van der Waals surface area contributed by atoms with Gasteiger partial charge in [0.05, 0.1) is 4.47 Å². The molecule has 1 aliphatic heterocycles. The highest BCUT2D eigenvalue weighted by Crippen LogP contribution is 2.19. The third-order valence-electron chi connectivity index (χ3n) is 2.14. The Hall–Kier alpha value is -1.14. The molecular weight excluding hydrogens is 260 g/mol. The molecule has 6 heteroatoms. The predicted molar refractivity (Wildman–Crippen MR) is 60.1 cm³/mol. The molecular formula is C9H11BrN4O. The Labute approximate surface area is 96.0 Å². The molecule has 0 aromatic carbocycles. The van der Waals surface area contributed by atoms with Gasteiger partial charge in [0.25, 0.3) is 5.91 Å². The highest BCUT2D eigenvalue weighted by molar-refractivity contribution is 9.10. The van der Waals surface area contributed by atoms with Crippen molar-refractivity contribution in [2.24, 2.45) is 0 Å². The number of carbonyl (C=O) groups is 1. The van der Waals surface area contributed by atoms with E-state index in [2.05, 4.69) is 31.7 Å². The molecule has 0 spiro atoms. The monoisotopic (exact) mass is 270 g/mol. The number of carbonyl (C=O) groups excluding carboxylic acids is 1. The van der Waals surface area contributed by atoms with E-state index in [1.807, 2.05) is 19.2 Å². The molecule has 1 atom stereocenters. The van der Waals surface area contributed by atoms with Crippen LogP contribution in [0.25, 0.3) is 0 Å². The molecule has 1 amide bonds. The molecule has 1 saturated heterocycles. The quantitative estimate of drug-likeness (QED) is 0.827. The lowest BCUT2D eigenvalue weighted by atomic mass is 10.3. The number of nitrogens with zero attached hydrogens (tertiary/aromatic N) is 2. The van der Waals surface area contributed by atoms with Crippen LogP contribution in [0.5, 0.6) is 0 Å². The minimum absolute atomic E-state index is 0.0324. The second-order valence-electron chi connectivity index (χ2n) is 3.39. The van der Waals surface area contributed by atoms with Crippen LogP contribution < -0.4 is 10.7 Å². The van der Waals surface area contributed by atoms with Gasteiger partial charge in [-0.05, 0) is 28.1 Å². The van der Waals surface area contributed by atoms with Crippen LogP contribution in [0.3, 0.4) is 0 Å². The molecule has 80 valence electrons. The van der Waals surface area contributed by atoms with Gasteiger partial charge in [-0.3, -0.25) is 10.2 Å². The number of aromatic nitrogens is 1. The zero-order chi connectivity index (χ0) is 10.8. The zero-order valence-electron chi connectivity index (χ0n) is 8.20. The zero-order valence-corrected chi connectivity index (χ0v) is 9.78. The van der Waals surface area contributed by atoms with Crippen molar-refractivity contribution >= 4 is 27.7 Å².